The van der Waals surface area contributed by atoms with Crippen molar-refractivity contribution in [2.75, 3.05) is 6.54 Å². The van der Waals surface area contributed by atoms with Crippen molar-refractivity contribution < 1.29 is 9.21 Å². The highest BCUT2D eigenvalue weighted by Gasteiger charge is 2.17. The highest BCUT2D eigenvalue weighted by molar-refractivity contribution is 6.31. The van der Waals surface area contributed by atoms with E-state index in [0.717, 1.165) is 16.6 Å². The molecule has 108 valence electrons. The Balaban J connectivity index is 1.73. The number of carbonyl (C=O) groups is 1. The van der Waals surface area contributed by atoms with Crippen molar-refractivity contribution in [3.8, 4) is 0 Å². The molecule has 21 heavy (non-hydrogen) atoms. The summed E-state index contributed by atoms with van der Waals surface area (Å²) in [6, 6.07) is 5.32. The highest BCUT2D eigenvalue weighted by atomic mass is 35.5. The van der Waals surface area contributed by atoms with Crippen LogP contribution in [0, 0.1) is 6.92 Å². The number of hydrogen-bond donors (Lipinski definition) is 2. The van der Waals surface area contributed by atoms with Gasteiger partial charge in [-0.05, 0) is 25.1 Å². The summed E-state index contributed by atoms with van der Waals surface area (Å²) >= 11 is 5.97. The van der Waals surface area contributed by atoms with E-state index in [-0.39, 0.29) is 5.91 Å². The van der Waals surface area contributed by atoms with Crippen molar-refractivity contribution in [2.24, 2.45) is 0 Å². The number of aromatic nitrogens is 2. The molecule has 1 amide bonds. The first-order chi connectivity index (χ1) is 10.1. The van der Waals surface area contributed by atoms with E-state index in [2.05, 4.69) is 15.3 Å². The molecule has 3 aromatic rings. The lowest BCUT2D eigenvalue weighted by atomic mass is 10.1. The average molecular weight is 304 g/mol. The van der Waals surface area contributed by atoms with Gasteiger partial charge in [0.05, 0.1) is 6.33 Å². The molecule has 0 fully saturated rings. The van der Waals surface area contributed by atoms with E-state index < -0.39 is 0 Å². The van der Waals surface area contributed by atoms with Crippen molar-refractivity contribution >= 4 is 28.5 Å². The number of H-pyrrole nitrogens is 1. The maximum atomic E-state index is 12.2. The van der Waals surface area contributed by atoms with Crippen molar-refractivity contribution in [3.05, 3.63) is 52.8 Å². The van der Waals surface area contributed by atoms with Crippen LogP contribution in [0.15, 0.2) is 35.1 Å². The molecule has 0 saturated heterocycles. The molecule has 0 aliphatic heterocycles. The summed E-state index contributed by atoms with van der Waals surface area (Å²) in [5.41, 5.74) is 2.44. The van der Waals surface area contributed by atoms with Gasteiger partial charge in [0.1, 0.15) is 5.58 Å². The van der Waals surface area contributed by atoms with Crippen molar-refractivity contribution in [1.82, 2.24) is 15.3 Å². The van der Waals surface area contributed by atoms with E-state index >= 15 is 0 Å². The fourth-order valence-electron chi connectivity index (χ4n) is 2.22. The molecule has 2 N–H and O–H groups in total. The van der Waals surface area contributed by atoms with Gasteiger partial charge in [-0.15, -0.1) is 0 Å². The number of imidazole rings is 1. The van der Waals surface area contributed by atoms with Gasteiger partial charge in [-0.2, -0.15) is 0 Å². The fourth-order valence-corrected chi connectivity index (χ4v) is 2.39. The summed E-state index contributed by atoms with van der Waals surface area (Å²) in [4.78, 5) is 19.1. The second-order valence-electron chi connectivity index (χ2n) is 4.78. The van der Waals surface area contributed by atoms with Gasteiger partial charge in [0, 0.05) is 40.8 Å². The third-order valence-corrected chi connectivity index (χ3v) is 3.57. The van der Waals surface area contributed by atoms with Crippen LogP contribution in [0.3, 0.4) is 0 Å². The molecule has 0 atom stereocenters. The van der Waals surface area contributed by atoms with Gasteiger partial charge in [-0.25, -0.2) is 4.98 Å². The van der Waals surface area contributed by atoms with Gasteiger partial charge >= 0.3 is 0 Å². The number of aryl methyl sites for hydroxylation is 1. The van der Waals surface area contributed by atoms with E-state index in [9.17, 15) is 4.79 Å². The zero-order chi connectivity index (χ0) is 14.8. The molecule has 6 heteroatoms. The van der Waals surface area contributed by atoms with E-state index in [0.29, 0.717) is 29.3 Å². The zero-order valence-corrected chi connectivity index (χ0v) is 12.2. The number of nitrogens with one attached hydrogen (secondary N) is 2. The molecule has 2 heterocycles. The van der Waals surface area contributed by atoms with Gasteiger partial charge in [-0.1, -0.05) is 11.6 Å². The maximum absolute atomic E-state index is 12.2. The molecule has 5 nitrogen and oxygen atoms in total. The lowest BCUT2D eigenvalue weighted by Crippen LogP contribution is -2.25. The van der Waals surface area contributed by atoms with Crippen LogP contribution in [0.1, 0.15) is 21.8 Å². The number of carbonyl (C=O) groups excluding carboxylic acids is 1. The lowest BCUT2D eigenvalue weighted by molar-refractivity contribution is 0.0927. The molecular formula is C15H14ClN3O2. The van der Waals surface area contributed by atoms with Gasteiger partial charge in [0.2, 0.25) is 0 Å². The summed E-state index contributed by atoms with van der Waals surface area (Å²) in [6.45, 7) is 2.37. The monoisotopic (exact) mass is 303 g/mol. The van der Waals surface area contributed by atoms with E-state index in [1.807, 2.05) is 6.92 Å². The minimum absolute atomic E-state index is 0.223. The molecule has 2 aromatic heterocycles. The van der Waals surface area contributed by atoms with Crippen LogP contribution >= 0.6 is 11.6 Å². The standard InChI is InChI=1S/C15H14ClN3O2/c1-9-12-6-10(16)2-3-13(12)21-14(9)15(20)18-5-4-11-7-17-8-19-11/h2-3,6-8H,4-5H2,1H3,(H,17,19)(H,18,20). The number of furan rings is 1. The number of halogens is 1. The number of fused-ring (bicyclic) bond motifs is 1. The molecule has 0 radical (unpaired) electrons. The van der Waals surface area contributed by atoms with Gasteiger partial charge in [0.15, 0.2) is 5.76 Å². The van der Waals surface area contributed by atoms with Crippen molar-refractivity contribution in [1.29, 1.82) is 0 Å². The number of benzene rings is 1. The first-order valence-corrected chi connectivity index (χ1v) is 6.97. The summed E-state index contributed by atoms with van der Waals surface area (Å²) in [5, 5.41) is 4.33. The normalized spacial score (nSPS) is 11.0. The van der Waals surface area contributed by atoms with Crippen LogP contribution in [0.2, 0.25) is 5.02 Å². The Labute approximate surface area is 126 Å². The third-order valence-electron chi connectivity index (χ3n) is 3.34. The Morgan fingerprint density at radius 3 is 3.10 bits per heavy atom. The number of hydrogen-bond acceptors (Lipinski definition) is 3. The predicted molar refractivity (Wildman–Crippen MR) is 80.6 cm³/mol. The second-order valence-corrected chi connectivity index (χ2v) is 5.22. The second kappa shape index (κ2) is 5.61. The van der Waals surface area contributed by atoms with Crippen LogP contribution in [-0.2, 0) is 6.42 Å². The average Bonchev–Trinajstić information content (AvgIpc) is 3.08. The summed E-state index contributed by atoms with van der Waals surface area (Å²) in [7, 11) is 0. The fraction of sp³-hybridized carbons (Fsp3) is 0.200. The predicted octanol–water partition coefficient (Wildman–Crippen LogP) is 3.09. The minimum Gasteiger partial charge on any atom is -0.451 e. The Kier molecular flexibility index (Phi) is 3.66. The Morgan fingerprint density at radius 2 is 2.33 bits per heavy atom. The molecular weight excluding hydrogens is 290 g/mol. The van der Waals surface area contributed by atoms with Gasteiger partial charge in [-0.3, -0.25) is 4.79 Å². The molecule has 0 bridgehead atoms. The Hall–Kier alpha value is -2.27. The molecule has 0 aliphatic carbocycles. The summed E-state index contributed by atoms with van der Waals surface area (Å²) in [5.74, 6) is 0.108. The Morgan fingerprint density at radius 1 is 1.48 bits per heavy atom. The largest absolute Gasteiger partial charge is 0.451 e. The van der Waals surface area contributed by atoms with Crippen LogP contribution in [0.5, 0.6) is 0 Å². The van der Waals surface area contributed by atoms with Gasteiger partial charge < -0.3 is 14.7 Å². The highest BCUT2D eigenvalue weighted by Crippen LogP contribution is 2.27. The molecule has 3 rings (SSSR count). The van der Waals surface area contributed by atoms with Gasteiger partial charge in [0.25, 0.3) is 5.91 Å². The summed E-state index contributed by atoms with van der Waals surface area (Å²) < 4.78 is 5.61. The number of nitrogens with zero attached hydrogens (tertiary/aromatic N) is 1. The van der Waals surface area contributed by atoms with Crippen LogP contribution in [-0.4, -0.2) is 22.4 Å². The number of amides is 1. The maximum Gasteiger partial charge on any atom is 0.287 e. The van der Waals surface area contributed by atoms with E-state index in [1.165, 1.54) is 0 Å². The SMILES string of the molecule is Cc1c(C(=O)NCCc2cnc[nH]2)oc2ccc(Cl)cc12. The topological polar surface area (TPSA) is 70.9 Å². The zero-order valence-electron chi connectivity index (χ0n) is 11.4. The molecule has 1 aromatic carbocycles. The number of rotatable bonds is 4. The minimum atomic E-state index is -0.223. The van der Waals surface area contributed by atoms with Crippen molar-refractivity contribution in [3.63, 3.8) is 0 Å². The lowest BCUT2D eigenvalue weighted by Gasteiger charge is -2.02. The molecule has 0 saturated carbocycles. The molecule has 0 aliphatic rings. The quantitative estimate of drug-likeness (QED) is 0.778. The third kappa shape index (κ3) is 2.78. The van der Waals surface area contributed by atoms with Crippen LogP contribution in [0.4, 0.5) is 0 Å². The first-order valence-electron chi connectivity index (χ1n) is 6.59. The number of aromatic amines is 1. The van der Waals surface area contributed by atoms with E-state index in [4.69, 9.17) is 16.0 Å². The Bertz CT molecular complexity index is 778. The smallest absolute Gasteiger partial charge is 0.287 e. The van der Waals surface area contributed by atoms with Crippen LogP contribution < -0.4 is 5.32 Å². The molecule has 0 spiro atoms. The van der Waals surface area contributed by atoms with E-state index in [1.54, 1.807) is 30.7 Å². The molecule has 0 unspecified atom stereocenters. The first kappa shape index (κ1) is 13.7. The van der Waals surface area contributed by atoms with Crippen molar-refractivity contribution in [2.45, 2.75) is 13.3 Å². The van der Waals surface area contributed by atoms with Crippen LogP contribution in [0.25, 0.3) is 11.0 Å². The summed E-state index contributed by atoms with van der Waals surface area (Å²) in [6.07, 6.45) is 4.04.